The number of rotatable bonds is 8. The zero-order valence-corrected chi connectivity index (χ0v) is 10.8. The van der Waals surface area contributed by atoms with Crippen molar-refractivity contribution in [3.8, 4) is 0 Å². The van der Waals surface area contributed by atoms with Gasteiger partial charge in [-0.1, -0.05) is 12.1 Å². The van der Waals surface area contributed by atoms with Crippen LogP contribution in [-0.4, -0.2) is 20.3 Å². The Morgan fingerprint density at radius 1 is 1.24 bits per heavy atom. The topological polar surface area (TPSA) is 21.3 Å². The molecular weight excluding hydrogens is 217 g/mol. The van der Waals surface area contributed by atoms with Gasteiger partial charge in [0.2, 0.25) is 0 Å². The quantitative estimate of drug-likeness (QED) is 0.704. The van der Waals surface area contributed by atoms with E-state index >= 15 is 0 Å². The number of halogens is 1. The monoisotopic (exact) mass is 239 g/mol. The van der Waals surface area contributed by atoms with Gasteiger partial charge in [-0.15, -0.1) is 0 Å². The average molecular weight is 239 g/mol. The van der Waals surface area contributed by atoms with Crippen molar-refractivity contribution in [1.82, 2.24) is 5.32 Å². The lowest BCUT2D eigenvalue weighted by Crippen LogP contribution is -2.15. The second kappa shape index (κ2) is 8.20. The summed E-state index contributed by atoms with van der Waals surface area (Å²) in [6.07, 6.45) is 3.41. The van der Waals surface area contributed by atoms with Crippen molar-refractivity contribution < 1.29 is 9.13 Å². The summed E-state index contributed by atoms with van der Waals surface area (Å²) in [4.78, 5) is 0. The van der Waals surface area contributed by atoms with Crippen LogP contribution in [0.25, 0.3) is 0 Å². The third-order valence-electron chi connectivity index (χ3n) is 2.77. The predicted octanol–water partition coefficient (Wildman–Crippen LogP) is 3.04. The van der Waals surface area contributed by atoms with E-state index in [-0.39, 0.29) is 5.82 Å². The number of unbranched alkanes of at least 4 members (excludes halogenated alkanes) is 2. The van der Waals surface area contributed by atoms with Crippen LogP contribution in [0.15, 0.2) is 18.2 Å². The molecule has 0 radical (unpaired) electrons. The molecule has 0 aliphatic heterocycles. The molecule has 17 heavy (non-hydrogen) atoms. The number of hydrogen-bond donors (Lipinski definition) is 1. The van der Waals surface area contributed by atoms with Crippen molar-refractivity contribution in [1.29, 1.82) is 0 Å². The molecule has 0 saturated heterocycles. The van der Waals surface area contributed by atoms with E-state index in [1.165, 1.54) is 6.42 Å². The van der Waals surface area contributed by atoms with Crippen molar-refractivity contribution >= 4 is 0 Å². The summed E-state index contributed by atoms with van der Waals surface area (Å²) >= 11 is 0. The SMILES string of the molecule is COCCCCCNCc1ccc(C)c(F)c1. The first kappa shape index (κ1) is 14.1. The molecule has 1 N–H and O–H groups in total. The fourth-order valence-electron chi connectivity index (χ4n) is 1.65. The van der Waals surface area contributed by atoms with Gasteiger partial charge in [0.15, 0.2) is 0 Å². The van der Waals surface area contributed by atoms with Crippen LogP contribution in [0.3, 0.4) is 0 Å². The molecule has 0 aromatic heterocycles. The molecule has 0 spiro atoms. The van der Waals surface area contributed by atoms with Crippen LogP contribution in [0.1, 0.15) is 30.4 Å². The second-order valence-corrected chi connectivity index (χ2v) is 4.31. The lowest BCUT2D eigenvalue weighted by molar-refractivity contribution is 0.192. The Labute approximate surface area is 103 Å². The Morgan fingerprint density at radius 2 is 2.06 bits per heavy atom. The van der Waals surface area contributed by atoms with Gasteiger partial charge in [0.1, 0.15) is 5.82 Å². The largest absolute Gasteiger partial charge is 0.385 e. The highest BCUT2D eigenvalue weighted by Gasteiger charge is 1.98. The van der Waals surface area contributed by atoms with Crippen molar-refractivity contribution in [3.05, 3.63) is 35.1 Å². The van der Waals surface area contributed by atoms with E-state index in [1.807, 2.05) is 12.1 Å². The molecule has 0 bridgehead atoms. The molecule has 0 aliphatic rings. The Hall–Kier alpha value is -0.930. The van der Waals surface area contributed by atoms with Crippen molar-refractivity contribution in [2.45, 2.75) is 32.7 Å². The van der Waals surface area contributed by atoms with E-state index in [4.69, 9.17) is 4.74 Å². The summed E-state index contributed by atoms with van der Waals surface area (Å²) in [7, 11) is 1.73. The molecular formula is C14H22FNO. The lowest BCUT2D eigenvalue weighted by Gasteiger charge is -2.06. The smallest absolute Gasteiger partial charge is 0.126 e. The minimum Gasteiger partial charge on any atom is -0.385 e. The highest BCUT2D eigenvalue weighted by Crippen LogP contribution is 2.08. The average Bonchev–Trinajstić information content (AvgIpc) is 2.32. The van der Waals surface area contributed by atoms with Crippen LogP contribution < -0.4 is 5.32 Å². The first-order chi connectivity index (χ1) is 8.24. The van der Waals surface area contributed by atoms with Gasteiger partial charge in [0, 0.05) is 20.3 Å². The summed E-state index contributed by atoms with van der Waals surface area (Å²) in [5.74, 6) is -0.121. The number of ether oxygens (including phenoxy) is 1. The normalized spacial score (nSPS) is 10.8. The van der Waals surface area contributed by atoms with Gasteiger partial charge < -0.3 is 10.1 Å². The van der Waals surface area contributed by atoms with Crippen LogP contribution in [0.2, 0.25) is 0 Å². The molecule has 1 aromatic carbocycles. The van der Waals surface area contributed by atoms with Crippen LogP contribution in [0.4, 0.5) is 4.39 Å². The highest BCUT2D eigenvalue weighted by atomic mass is 19.1. The van der Waals surface area contributed by atoms with E-state index in [0.29, 0.717) is 5.56 Å². The van der Waals surface area contributed by atoms with Crippen LogP contribution >= 0.6 is 0 Å². The zero-order chi connectivity index (χ0) is 12.5. The van der Waals surface area contributed by atoms with E-state index in [1.54, 1.807) is 20.1 Å². The van der Waals surface area contributed by atoms with Gasteiger partial charge in [-0.05, 0) is 49.9 Å². The minimum absolute atomic E-state index is 0.121. The van der Waals surface area contributed by atoms with Crippen LogP contribution in [0.5, 0.6) is 0 Å². The maximum Gasteiger partial charge on any atom is 0.126 e. The molecule has 0 fully saturated rings. The Morgan fingerprint density at radius 3 is 2.76 bits per heavy atom. The number of aryl methyl sites for hydroxylation is 1. The fourth-order valence-corrected chi connectivity index (χ4v) is 1.65. The lowest BCUT2D eigenvalue weighted by atomic mass is 10.1. The van der Waals surface area contributed by atoms with Crippen LogP contribution in [-0.2, 0) is 11.3 Å². The third-order valence-corrected chi connectivity index (χ3v) is 2.77. The van der Waals surface area contributed by atoms with Gasteiger partial charge >= 0.3 is 0 Å². The Bertz CT molecular complexity index is 328. The Kier molecular flexibility index (Phi) is 6.82. The fraction of sp³-hybridized carbons (Fsp3) is 0.571. The molecule has 3 heteroatoms. The van der Waals surface area contributed by atoms with Gasteiger partial charge in [0.05, 0.1) is 0 Å². The zero-order valence-electron chi connectivity index (χ0n) is 10.8. The van der Waals surface area contributed by atoms with Gasteiger partial charge in [-0.2, -0.15) is 0 Å². The minimum atomic E-state index is -0.121. The highest BCUT2D eigenvalue weighted by molar-refractivity contribution is 5.23. The van der Waals surface area contributed by atoms with Gasteiger partial charge in [-0.25, -0.2) is 4.39 Å². The second-order valence-electron chi connectivity index (χ2n) is 4.31. The summed E-state index contributed by atoms with van der Waals surface area (Å²) < 4.78 is 18.2. The van der Waals surface area contributed by atoms with Crippen molar-refractivity contribution in [3.63, 3.8) is 0 Å². The van der Waals surface area contributed by atoms with Gasteiger partial charge in [0.25, 0.3) is 0 Å². The number of benzene rings is 1. The molecule has 2 nitrogen and oxygen atoms in total. The standard InChI is InChI=1S/C14H22FNO/c1-12-6-7-13(10-14(12)15)11-16-8-4-3-5-9-17-2/h6-7,10,16H,3-5,8-9,11H2,1-2H3. The molecule has 1 rings (SSSR count). The molecule has 0 unspecified atom stereocenters. The summed E-state index contributed by atoms with van der Waals surface area (Å²) in [6, 6.07) is 5.40. The summed E-state index contributed by atoms with van der Waals surface area (Å²) in [5, 5.41) is 3.32. The summed E-state index contributed by atoms with van der Waals surface area (Å²) in [6.45, 7) is 4.33. The first-order valence-corrected chi connectivity index (χ1v) is 6.18. The van der Waals surface area contributed by atoms with E-state index in [2.05, 4.69) is 5.32 Å². The Balaban J connectivity index is 2.11. The van der Waals surface area contributed by atoms with E-state index in [0.717, 1.165) is 38.1 Å². The molecule has 0 amide bonds. The van der Waals surface area contributed by atoms with Crippen molar-refractivity contribution in [2.24, 2.45) is 0 Å². The molecule has 0 heterocycles. The molecule has 0 aliphatic carbocycles. The van der Waals surface area contributed by atoms with E-state index < -0.39 is 0 Å². The number of methoxy groups -OCH3 is 1. The van der Waals surface area contributed by atoms with Crippen molar-refractivity contribution in [2.75, 3.05) is 20.3 Å². The van der Waals surface area contributed by atoms with Gasteiger partial charge in [-0.3, -0.25) is 0 Å². The predicted molar refractivity (Wildman–Crippen MR) is 68.6 cm³/mol. The molecule has 1 aromatic rings. The number of hydrogen-bond acceptors (Lipinski definition) is 2. The van der Waals surface area contributed by atoms with Crippen LogP contribution in [0, 0.1) is 12.7 Å². The first-order valence-electron chi connectivity index (χ1n) is 6.18. The molecule has 96 valence electrons. The van der Waals surface area contributed by atoms with E-state index in [9.17, 15) is 4.39 Å². The maximum absolute atomic E-state index is 13.3. The maximum atomic E-state index is 13.3. The third kappa shape index (κ3) is 5.80. The summed E-state index contributed by atoms with van der Waals surface area (Å²) in [5.41, 5.74) is 1.71. The molecule has 0 atom stereocenters. The number of nitrogens with one attached hydrogen (secondary N) is 1. The molecule has 0 saturated carbocycles.